The summed E-state index contributed by atoms with van der Waals surface area (Å²) in [6, 6.07) is 23.5. The number of fused-ring (bicyclic) bond motifs is 7. The molecule has 0 aliphatic rings. The molecule has 6 rings (SSSR count). The lowest BCUT2D eigenvalue weighted by Gasteiger charge is -2.01. The second-order valence-corrected chi connectivity index (χ2v) is 9.78. The molecule has 2 heteroatoms. The van der Waals surface area contributed by atoms with E-state index < -0.39 is 0 Å². The molecule has 4 aromatic carbocycles. The molecule has 0 bridgehead atoms. The zero-order chi connectivity index (χ0) is 18.8. The molecule has 136 valence electrons. The summed E-state index contributed by atoms with van der Waals surface area (Å²) in [4.78, 5) is 0. The second-order valence-electron chi connectivity index (χ2n) is 7.62. The average molecular weight is 397 g/mol. The standard InChI is InChI=1S/C26H20S2/c1-3-15-5-7-19-21-11-17-14-26-22(12-18(17)13-25(21)27-23(19)9-15)20-8-6-16(4-2)10-24(20)28-26/h5-14H,3-4H2,1-2H3. The van der Waals surface area contributed by atoms with E-state index in [1.165, 1.54) is 62.2 Å². The first-order chi connectivity index (χ1) is 13.7. The highest BCUT2D eigenvalue weighted by molar-refractivity contribution is 7.26. The Morgan fingerprint density at radius 2 is 0.929 bits per heavy atom. The van der Waals surface area contributed by atoms with Gasteiger partial charge in [-0.2, -0.15) is 0 Å². The smallest absolute Gasteiger partial charge is 0.0361 e. The van der Waals surface area contributed by atoms with Crippen molar-refractivity contribution in [3.05, 3.63) is 71.8 Å². The summed E-state index contributed by atoms with van der Waals surface area (Å²) in [5.41, 5.74) is 2.84. The predicted octanol–water partition coefficient (Wildman–Crippen LogP) is 8.70. The molecule has 2 heterocycles. The van der Waals surface area contributed by atoms with E-state index >= 15 is 0 Å². The van der Waals surface area contributed by atoms with Gasteiger partial charge in [-0.25, -0.2) is 0 Å². The van der Waals surface area contributed by atoms with Gasteiger partial charge < -0.3 is 0 Å². The van der Waals surface area contributed by atoms with Crippen LogP contribution in [0, 0.1) is 0 Å². The van der Waals surface area contributed by atoms with Crippen LogP contribution in [0.3, 0.4) is 0 Å². The fourth-order valence-electron chi connectivity index (χ4n) is 4.32. The maximum atomic E-state index is 2.40. The lowest BCUT2D eigenvalue weighted by molar-refractivity contribution is 1.15. The molecule has 0 saturated carbocycles. The van der Waals surface area contributed by atoms with Gasteiger partial charge in [0.05, 0.1) is 0 Å². The topological polar surface area (TPSA) is 0 Å². The van der Waals surface area contributed by atoms with Gasteiger partial charge >= 0.3 is 0 Å². The fourth-order valence-corrected chi connectivity index (χ4v) is 6.72. The highest BCUT2D eigenvalue weighted by Gasteiger charge is 2.11. The molecule has 0 unspecified atom stereocenters. The minimum absolute atomic E-state index is 1.09. The molecule has 2 aromatic heterocycles. The fraction of sp³-hybridized carbons (Fsp3) is 0.154. The Balaban J connectivity index is 1.67. The molecule has 0 spiro atoms. The van der Waals surface area contributed by atoms with Crippen LogP contribution in [0.2, 0.25) is 0 Å². The Labute approximate surface area is 172 Å². The summed E-state index contributed by atoms with van der Waals surface area (Å²) in [5, 5.41) is 8.27. The molecule has 0 radical (unpaired) electrons. The van der Waals surface area contributed by atoms with Crippen LogP contribution in [0.1, 0.15) is 25.0 Å². The Hall–Kier alpha value is -2.42. The van der Waals surface area contributed by atoms with E-state index in [1.54, 1.807) is 0 Å². The van der Waals surface area contributed by atoms with E-state index in [1.807, 2.05) is 22.7 Å². The number of thiophene rings is 2. The number of benzene rings is 4. The van der Waals surface area contributed by atoms with Gasteiger partial charge in [-0.3, -0.25) is 0 Å². The third-order valence-corrected chi connectivity index (χ3v) is 8.20. The number of rotatable bonds is 2. The van der Waals surface area contributed by atoms with Crippen molar-refractivity contribution < 1.29 is 0 Å². The molecule has 0 atom stereocenters. The second kappa shape index (κ2) is 6.04. The summed E-state index contributed by atoms with van der Waals surface area (Å²) in [7, 11) is 0. The van der Waals surface area contributed by atoms with Crippen molar-refractivity contribution in [2.24, 2.45) is 0 Å². The Morgan fingerprint density at radius 3 is 1.36 bits per heavy atom. The van der Waals surface area contributed by atoms with Crippen LogP contribution in [-0.4, -0.2) is 0 Å². The normalized spacial score (nSPS) is 12.2. The summed E-state index contributed by atoms with van der Waals surface area (Å²) >= 11 is 3.85. The minimum Gasteiger partial charge on any atom is -0.135 e. The maximum Gasteiger partial charge on any atom is 0.0361 e. The van der Waals surface area contributed by atoms with Crippen molar-refractivity contribution in [1.29, 1.82) is 0 Å². The summed E-state index contributed by atoms with van der Waals surface area (Å²) < 4.78 is 5.60. The molecular formula is C26H20S2. The highest BCUT2D eigenvalue weighted by atomic mass is 32.1. The summed E-state index contributed by atoms with van der Waals surface area (Å²) in [6.07, 6.45) is 2.19. The van der Waals surface area contributed by atoms with Crippen molar-refractivity contribution in [3.8, 4) is 0 Å². The van der Waals surface area contributed by atoms with Gasteiger partial charge in [0.1, 0.15) is 0 Å². The van der Waals surface area contributed by atoms with Crippen molar-refractivity contribution in [2.75, 3.05) is 0 Å². The lowest BCUT2D eigenvalue weighted by atomic mass is 10.0. The van der Waals surface area contributed by atoms with Crippen molar-refractivity contribution >= 4 is 73.8 Å². The van der Waals surface area contributed by atoms with E-state index in [2.05, 4.69) is 74.5 Å². The van der Waals surface area contributed by atoms with Crippen LogP contribution in [0.5, 0.6) is 0 Å². The Bertz CT molecular complexity index is 1410. The zero-order valence-electron chi connectivity index (χ0n) is 16.0. The van der Waals surface area contributed by atoms with E-state index in [0.717, 1.165) is 12.8 Å². The highest BCUT2D eigenvalue weighted by Crippen LogP contribution is 2.41. The minimum atomic E-state index is 1.09. The third kappa shape index (κ3) is 2.35. The average Bonchev–Trinajstić information content (AvgIpc) is 3.26. The zero-order valence-corrected chi connectivity index (χ0v) is 17.6. The van der Waals surface area contributed by atoms with Gasteiger partial charge in [0.2, 0.25) is 0 Å². The van der Waals surface area contributed by atoms with E-state index in [9.17, 15) is 0 Å². The van der Waals surface area contributed by atoms with Crippen LogP contribution >= 0.6 is 22.7 Å². The van der Waals surface area contributed by atoms with Gasteiger partial charge in [-0.1, -0.05) is 38.1 Å². The maximum absolute atomic E-state index is 2.40. The predicted molar refractivity (Wildman–Crippen MR) is 128 cm³/mol. The molecule has 0 amide bonds. The number of hydrogen-bond acceptors (Lipinski definition) is 2. The van der Waals surface area contributed by atoms with Crippen LogP contribution in [0.4, 0.5) is 0 Å². The van der Waals surface area contributed by atoms with Crippen molar-refractivity contribution in [2.45, 2.75) is 26.7 Å². The van der Waals surface area contributed by atoms with Gasteiger partial charge in [0.15, 0.2) is 0 Å². The lowest BCUT2D eigenvalue weighted by Crippen LogP contribution is -1.78. The van der Waals surface area contributed by atoms with Gasteiger partial charge in [0, 0.05) is 40.3 Å². The molecule has 0 saturated heterocycles. The largest absolute Gasteiger partial charge is 0.135 e. The van der Waals surface area contributed by atoms with Crippen LogP contribution < -0.4 is 0 Å². The van der Waals surface area contributed by atoms with E-state index in [0.29, 0.717) is 0 Å². The first-order valence-corrected chi connectivity index (χ1v) is 11.6. The van der Waals surface area contributed by atoms with Crippen LogP contribution in [0.15, 0.2) is 60.7 Å². The van der Waals surface area contributed by atoms with Crippen LogP contribution in [0.25, 0.3) is 51.1 Å². The number of aryl methyl sites for hydroxylation is 2. The van der Waals surface area contributed by atoms with Gasteiger partial charge in [0.25, 0.3) is 0 Å². The summed E-state index contributed by atoms with van der Waals surface area (Å²) in [5.74, 6) is 0. The molecule has 6 aromatic rings. The molecule has 28 heavy (non-hydrogen) atoms. The molecule has 0 fully saturated rings. The Kier molecular flexibility index (Phi) is 3.56. The molecule has 0 N–H and O–H groups in total. The van der Waals surface area contributed by atoms with Gasteiger partial charge in [-0.15, -0.1) is 22.7 Å². The molecule has 0 nitrogen and oxygen atoms in total. The summed E-state index contributed by atoms with van der Waals surface area (Å²) in [6.45, 7) is 4.45. The van der Waals surface area contributed by atoms with Crippen molar-refractivity contribution in [3.63, 3.8) is 0 Å². The molecule has 0 aliphatic carbocycles. The third-order valence-electron chi connectivity index (χ3n) is 5.97. The monoisotopic (exact) mass is 396 g/mol. The van der Waals surface area contributed by atoms with Gasteiger partial charge in [-0.05, 0) is 71.1 Å². The first kappa shape index (κ1) is 16.5. The quantitative estimate of drug-likeness (QED) is 0.274. The Morgan fingerprint density at radius 1 is 0.500 bits per heavy atom. The SMILES string of the molecule is CCc1ccc2c(c1)sc1cc3cc4c(cc3cc12)sc1cc(CC)ccc14. The first-order valence-electron chi connectivity index (χ1n) is 9.97. The molecule has 0 aliphatic heterocycles. The van der Waals surface area contributed by atoms with Crippen LogP contribution in [-0.2, 0) is 12.8 Å². The van der Waals surface area contributed by atoms with E-state index in [4.69, 9.17) is 0 Å². The van der Waals surface area contributed by atoms with E-state index in [-0.39, 0.29) is 0 Å². The van der Waals surface area contributed by atoms with Crippen molar-refractivity contribution in [1.82, 2.24) is 0 Å². The molecular weight excluding hydrogens is 376 g/mol. The number of hydrogen-bond donors (Lipinski definition) is 0.